The Morgan fingerprint density at radius 1 is 1.15 bits per heavy atom. The van der Waals surface area contributed by atoms with Crippen molar-refractivity contribution in [2.45, 2.75) is 6.54 Å². The molecule has 1 aliphatic heterocycles. The fraction of sp³-hybridized carbons (Fsp3) is 0.320. The van der Waals surface area contributed by atoms with Crippen molar-refractivity contribution >= 4 is 38.9 Å². The van der Waals surface area contributed by atoms with E-state index in [2.05, 4.69) is 44.5 Å². The monoisotopic (exact) mass is 458 g/mol. The van der Waals surface area contributed by atoms with Crippen molar-refractivity contribution in [2.75, 3.05) is 51.5 Å². The van der Waals surface area contributed by atoms with Crippen molar-refractivity contribution in [3.8, 4) is 11.4 Å². The SMILES string of the molecule is COCCNCc1cnc2oc3c(N4CCOCC4)nc(-c4cccc5[nH]ccc45)nc3c2c1. The second kappa shape index (κ2) is 9.02. The molecule has 34 heavy (non-hydrogen) atoms. The number of hydrogen-bond acceptors (Lipinski definition) is 8. The number of ether oxygens (including phenoxy) is 2. The van der Waals surface area contributed by atoms with Gasteiger partial charge in [-0.05, 0) is 23.8 Å². The van der Waals surface area contributed by atoms with Crippen LogP contribution in [0.4, 0.5) is 5.82 Å². The van der Waals surface area contributed by atoms with Crippen LogP contribution in [0, 0.1) is 0 Å². The minimum atomic E-state index is 0.566. The van der Waals surface area contributed by atoms with Crippen LogP contribution in [0.15, 0.2) is 47.1 Å². The summed E-state index contributed by atoms with van der Waals surface area (Å²) in [5.74, 6) is 1.46. The molecule has 0 atom stereocenters. The molecule has 0 saturated carbocycles. The summed E-state index contributed by atoms with van der Waals surface area (Å²) < 4.78 is 16.9. The molecule has 0 aliphatic carbocycles. The smallest absolute Gasteiger partial charge is 0.229 e. The Balaban J connectivity index is 1.52. The third-order valence-electron chi connectivity index (χ3n) is 6.17. The minimum Gasteiger partial charge on any atom is -0.432 e. The summed E-state index contributed by atoms with van der Waals surface area (Å²) in [6.45, 7) is 4.94. The summed E-state index contributed by atoms with van der Waals surface area (Å²) >= 11 is 0. The number of methoxy groups -OCH3 is 1. The van der Waals surface area contributed by atoms with E-state index in [1.165, 1.54) is 0 Å². The van der Waals surface area contributed by atoms with Gasteiger partial charge in [-0.3, -0.25) is 0 Å². The molecule has 9 nitrogen and oxygen atoms in total. The number of hydrogen-bond donors (Lipinski definition) is 2. The third-order valence-corrected chi connectivity index (χ3v) is 6.17. The van der Waals surface area contributed by atoms with Gasteiger partial charge >= 0.3 is 0 Å². The molecule has 1 fully saturated rings. The number of nitrogens with zero attached hydrogens (tertiary/aromatic N) is 4. The van der Waals surface area contributed by atoms with Crippen molar-refractivity contribution in [3.63, 3.8) is 0 Å². The van der Waals surface area contributed by atoms with Gasteiger partial charge in [-0.1, -0.05) is 12.1 Å². The van der Waals surface area contributed by atoms with Gasteiger partial charge < -0.3 is 29.1 Å². The van der Waals surface area contributed by atoms with E-state index in [1.807, 2.05) is 18.5 Å². The maximum absolute atomic E-state index is 6.23. The van der Waals surface area contributed by atoms with E-state index in [4.69, 9.17) is 23.9 Å². The number of H-pyrrole nitrogens is 1. The lowest BCUT2D eigenvalue weighted by Gasteiger charge is -2.27. The normalized spacial score (nSPS) is 14.6. The highest BCUT2D eigenvalue weighted by Gasteiger charge is 2.23. The molecule has 0 amide bonds. The van der Waals surface area contributed by atoms with Gasteiger partial charge in [0.2, 0.25) is 5.71 Å². The Kier molecular flexibility index (Phi) is 5.58. The summed E-state index contributed by atoms with van der Waals surface area (Å²) in [6, 6.07) is 10.3. The van der Waals surface area contributed by atoms with Crippen LogP contribution in [0.2, 0.25) is 0 Å². The van der Waals surface area contributed by atoms with Gasteiger partial charge in [0.05, 0.1) is 25.2 Å². The molecule has 0 bridgehead atoms. The maximum Gasteiger partial charge on any atom is 0.229 e. The first-order valence-electron chi connectivity index (χ1n) is 11.5. The van der Waals surface area contributed by atoms with Crippen molar-refractivity contribution in [3.05, 3.63) is 48.3 Å². The number of aromatic nitrogens is 4. The average molecular weight is 459 g/mol. The second-order valence-electron chi connectivity index (χ2n) is 8.36. The Hall–Kier alpha value is -3.53. The lowest BCUT2D eigenvalue weighted by molar-refractivity contribution is 0.122. The first kappa shape index (κ1) is 21.0. The summed E-state index contributed by atoms with van der Waals surface area (Å²) in [4.78, 5) is 20.1. The molecule has 5 aromatic rings. The molecule has 9 heteroatoms. The average Bonchev–Trinajstić information content (AvgIpc) is 3.51. The Bertz CT molecular complexity index is 1450. The Labute approximate surface area is 196 Å². The summed E-state index contributed by atoms with van der Waals surface area (Å²) in [5.41, 5.74) is 5.11. The van der Waals surface area contributed by atoms with Crippen LogP contribution in [-0.2, 0) is 16.0 Å². The molecule has 174 valence electrons. The lowest BCUT2D eigenvalue weighted by atomic mass is 10.1. The fourth-order valence-electron chi connectivity index (χ4n) is 4.45. The molecule has 6 rings (SSSR count). The van der Waals surface area contributed by atoms with E-state index >= 15 is 0 Å². The van der Waals surface area contributed by atoms with Crippen molar-refractivity contribution in [1.29, 1.82) is 0 Å². The summed E-state index contributed by atoms with van der Waals surface area (Å²) in [5, 5.41) is 5.35. The van der Waals surface area contributed by atoms with Crippen LogP contribution in [-0.4, -0.2) is 66.5 Å². The largest absolute Gasteiger partial charge is 0.432 e. The highest BCUT2D eigenvalue weighted by atomic mass is 16.5. The summed E-state index contributed by atoms with van der Waals surface area (Å²) in [7, 11) is 1.70. The standard InChI is InChI=1S/C25H26N6O3/c1-32-10-7-26-14-16-13-19-21-22(34-25(19)28-15-16)24(31-8-11-33-12-9-31)30-23(29-21)18-3-2-4-20-17(18)5-6-27-20/h2-6,13,15,26-27H,7-12,14H2,1H3. The van der Waals surface area contributed by atoms with Gasteiger partial charge in [-0.15, -0.1) is 0 Å². The molecule has 1 aliphatic rings. The van der Waals surface area contributed by atoms with Crippen molar-refractivity contribution in [1.82, 2.24) is 25.3 Å². The first-order valence-corrected chi connectivity index (χ1v) is 11.5. The maximum atomic E-state index is 6.23. The molecule has 0 radical (unpaired) electrons. The van der Waals surface area contributed by atoms with Crippen LogP contribution < -0.4 is 10.2 Å². The number of aromatic amines is 1. The first-order chi connectivity index (χ1) is 16.8. The van der Waals surface area contributed by atoms with Crippen LogP contribution in [0.3, 0.4) is 0 Å². The van der Waals surface area contributed by atoms with Crippen LogP contribution in [0.1, 0.15) is 5.56 Å². The van der Waals surface area contributed by atoms with E-state index in [-0.39, 0.29) is 0 Å². The molecule has 5 heterocycles. The van der Waals surface area contributed by atoms with Gasteiger partial charge in [0.1, 0.15) is 5.52 Å². The van der Waals surface area contributed by atoms with E-state index in [0.717, 1.165) is 58.4 Å². The zero-order valence-corrected chi connectivity index (χ0v) is 19.0. The van der Waals surface area contributed by atoms with Crippen LogP contribution >= 0.6 is 0 Å². The predicted molar refractivity (Wildman–Crippen MR) is 131 cm³/mol. The molecule has 0 unspecified atom stereocenters. The quantitative estimate of drug-likeness (QED) is 0.358. The van der Waals surface area contributed by atoms with E-state index in [1.54, 1.807) is 7.11 Å². The number of nitrogens with one attached hydrogen (secondary N) is 2. The lowest BCUT2D eigenvalue weighted by Crippen LogP contribution is -2.37. The third kappa shape index (κ3) is 3.77. The van der Waals surface area contributed by atoms with Crippen LogP contribution in [0.25, 0.3) is 44.5 Å². The highest BCUT2D eigenvalue weighted by molar-refractivity contribution is 6.06. The van der Waals surface area contributed by atoms with Gasteiger partial charge in [-0.2, -0.15) is 0 Å². The number of furan rings is 1. The van der Waals surface area contributed by atoms with Gasteiger partial charge in [0.15, 0.2) is 17.2 Å². The molecule has 4 aromatic heterocycles. The van der Waals surface area contributed by atoms with Gasteiger partial charge in [0, 0.05) is 62.1 Å². The molecular formula is C25H26N6O3. The van der Waals surface area contributed by atoms with Gasteiger partial charge in [-0.25, -0.2) is 15.0 Å². The van der Waals surface area contributed by atoms with Crippen molar-refractivity contribution in [2.24, 2.45) is 0 Å². The zero-order chi connectivity index (χ0) is 22.9. The predicted octanol–water partition coefficient (Wildman–Crippen LogP) is 3.49. The molecular weight excluding hydrogens is 432 g/mol. The summed E-state index contributed by atoms with van der Waals surface area (Å²) in [6.07, 6.45) is 3.78. The minimum absolute atomic E-state index is 0.566. The number of fused-ring (bicyclic) bond motifs is 4. The number of benzene rings is 1. The van der Waals surface area contributed by atoms with Crippen LogP contribution in [0.5, 0.6) is 0 Å². The Morgan fingerprint density at radius 2 is 2.06 bits per heavy atom. The van der Waals surface area contributed by atoms with E-state index < -0.39 is 0 Å². The molecule has 0 spiro atoms. The number of anilines is 1. The Morgan fingerprint density at radius 3 is 2.94 bits per heavy atom. The number of morpholine rings is 1. The molecule has 1 aromatic carbocycles. The molecule has 1 saturated heterocycles. The number of rotatable bonds is 7. The van der Waals surface area contributed by atoms with Gasteiger partial charge in [0.25, 0.3) is 0 Å². The fourth-order valence-corrected chi connectivity index (χ4v) is 4.45. The van der Waals surface area contributed by atoms with E-state index in [9.17, 15) is 0 Å². The topological polar surface area (TPSA) is 101 Å². The highest BCUT2D eigenvalue weighted by Crippen LogP contribution is 2.36. The number of pyridine rings is 1. The van der Waals surface area contributed by atoms with Crippen molar-refractivity contribution < 1.29 is 13.9 Å². The van der Waals surface area contributed by atoms with E-state index in [0.29, 0.717) is 43.5 Å². The second-order valence-corrected chi connectivity index (χ2v) is 8.36. The molecule has 2 N–H and O–H groups in total. The zero-order valence-electron chi connectivity index (χ0n) is 19.0.